The first kappa shape index (κ1) is 12.4. The maximum absolute atomic E-state index is 12.1. The molecular formula is C16H12O4. The molecule has 0 atom stereocenters. The van der Waals surface area contributed by atoms with Gasteiger partial charge in [0, 0.05) is 0 Å². The smallest absolute Gasteiger partial charge is 0.198 e. The van der Waals surface area contributed by atoms with Gasteiger partial charge in [0.25, 0.3) is 0 Å². The van der Waals surface area contributed by atoms with Crippen molar-refractivity contribution in [1.29, 1.82) is 0 Å². The van der Waals surface area contributed by atoms with Gasteiger partial charge in [-0.25, -0.2) is 0 Å². The van der Waals surface area contributed by atoms with Crippen molar-refractivity contribution in [2.75, 3.05) is 0 Å². The quantitative estimate of drug-likeness (QED) is 0.793. The van der Waals surface area contributed by atoms with Crippen molar-refractivity contribution in [3.63, 3.8) is 0 Å². The zero-order valence-electron chi connectivity index (χ0n) is 10.6. The minimum atomic E-state index is -0.345. The van der Waals surface area contributed by atoms with Crippen molar-refractivity contribution in [1.82, 2.24) is 0 Å². The molecule has 0 aliphatic carbocycles. The van der Waals surface area contributed by atoms with Crippen LogP contribution in [0.5, 0.6) is 11.5 Å². The standard InChI is InChI=1S/C16H12O4/c17-9-11-10-19-15-7-6-13(8-14(15)16(11)18)20-12-4-2-1-3-5-12/h1-8,10,17H,9H2. The second-order valence-electron chi connectivity index (χ2n) is 4.32. The average Bonchev–Trinajstić information content (AvgIpc) is 2.49. The third-order valence-electron chi connectivity index (χ3n) is 2.96. The summed E-state index contributed by atoms with van der Waals surface area (Å²) in [7, 11) is 0. The molecule has 0 fully saturated rings. The van der Waals surface area contributed by atoms with Crippen molar-refractivity contribution in [2.45, 2.75) is 6.61 Å². The Morgan fingerprint density at radius 1 is 1.05 bits per heavy atom. The highest BCUT2D eigenvalue weighted by Gasteiger charge is 2.08. The molecule has 0 saturated heterocycles. The van der Waals surface area contributed by atoms with E-state index in [-0.39, 0.29) is 17.6 Å². The summed E-state index contributed by atoms with van der Waals surface area (Å²) in [6, 6.07) is 14.3. The fourth-order valence-corrected chi connectivity index (χ4v) is 1.95. The van der Waals surface area contributed by atoms with Crippen LogP contribution in [-0.4, -0.2) is 5.11 Å². The van der Waals surface area contributed by atoms with E-state index >= 15 is 0 Å². The Morgan fingerprint density at radius 2 is 1.85 bits per heavy atom. The van der Waals surface area contributed by atoms with E-state index in [0.29, 0.717) is 22.5 Å². The fraction of sp³-hybridized carbons (Fsp3) is 0.0625. The third kappa shape index (κ3) is 2.29. The van der Waals surface area contributed by atoms with Crippen LogP contribution < -0.4 is 10.2 Å². The van der Waals surface area contributed by atoms with E-state index < -0.39 is 0 Å². The van der Waals surface area contributed by atoms with Crippen LogP contribution >= 0.6 is 0 Å². The van der Waals surface area contributed by atoms with E-state index in [9.17, 15) is 4.79 Å². The van der Waals surface area contributed by atoms with Crippen LogP contribution in [0.2, 0.25) is 0 Å². The Labute approximate surface area is 114 Å². The molecule has 0 spiro atoms. The molecule has 3 aromatic rings. The minimum Gasteiger partial charge on any atom is -0.464 e. The van der Waals surface area contributed by atoms with Crippen LogP contribution in [0.4, 0.5) is 0 Å². The highest BCUT2D eigenvalue weighted by Crippen LogP contribution is 2.24. The second-order valence-corrected chi connectivity index (χ2v) is 4.32. The lowest BCUT2D eigenvalue weighted by Gasteiger charge is -2.06. The van der Waals surface area contributed by atoms with Crippen LogP contribution in [-0.2, 0) is 6.61 Å². The molecule has 0 aliphatic rings. The largest absolute Gasteiger partial charge is 0.464 e. The van der Waals surface area contributed by atoms with Crippen molar-refractivity contribution >= 4 is 11.0 Å². The number of fused-ring (bicyclic) bond motifs is 1. The Hall–Kier alpha value is -2.59. The van der Waals surface area contributed by atoms with Crippen LogP contribution in [0.15, 0.2) is 64.0 Å². The van der Waals surface area contributed by atoms with Crippen LogP contribution in [0.1, 0.15) is 5.56 Å². The summed E-state index contributed by atoms with van der Waals surface area (Å²) in [5.74, 6) is 1.24. The van der Waals surface area contributed by atoms with E-state index in [1.165, 1.54) is 6.26 Å². The van der Waals surface area contributed by atoms with Gasteiger partial charge in [-0.1, -0.05) is 18.2 Å². The van der Waals surface area contributed by atoms with Gasteiger partial charge in [-0.05, 0) is 30.3 Å². The maximum Gasteiger partial charge on any atom is 0.198 e. The van der Waals surface area contributed by atoms with Crippen molar-refractivity contribution in [3.05, 3.63) is 70.6 Å². The number of ether oxygens (including phenoxy) is 1. The summed E-state index contributed by atoms with van der Waals surface area (Å²) in [4.78, 5) is 12.1. The highest BCUT2D eigenvalue weighted by molar-refractivity contribution is 5.78. The molecule has 1 heterocycles. The predicted molar refractivity (Wildman–Crippen MR) is 74.9 cm³/mol. The fourth-order valence-electron chi connectivity index (χ4n) is 1.95. The van der Waals surface area contributed by atoms with E-state index in [1.807, 2.05) is 30.3 Å². The van der Waals surface area contributed by atoms with Gasteiger partial charge in [0.05, 0.1) is 17.6 Å². The highest BCUT2D eigenvalue weighted by atomic mass is 16.5. The predicted octanol–water partition coefficient (Wildman–Crippen LogP) is 3.08. The molecule has 0 amide bonds. The third-order valence-corrected chi connectivity index (χ3v) is 2.96. The lowest BCUT2D eigenvalue weighted by Crippen LogP contribution is -2.08. The van der Waals surface area contributed by atoms with Gasteiger partial charge in [0.2, 0.25) is 0 Å². The molecule has 3 rings (SSSR count). The summed E-state index contributed by atoms with van der Waals surface area (Å²) in [5.41, 5.74) is 0.453. The van der Waals surface area contributed by atoms with E-state index in [4.69, 9.17) is 14.3 Å². The van der Waals surface area contributed by atoms with Crippen LogP contribution in [0.25, 0.3) is 11.0 Å². The Bertz CT molecular complexity index is 790. The van der Waals surface area contributed by atoms with E-state index in [2.05, 4.69) is 0 Å². The first-order chi connectivity index (χ1) is 9.78. The molecule has 100 valence electrons. The number of hydrogen-bond acceptors (Lipinski definition) is 4. The minimum absolute atomic E-state index is 0.231. The summed E-state index contributed by atoms with van der Waals surface area (Å²) in [6.07, 6.45) is 1.28. The number of aliphatic hydroxyl groups is 1. The molecule has 4 heteroatoms. The van der Waals surface area contributed by atoms with Gasteiger partial charge in [0.15, 0.2) is 5.43 Å². The molecule has 1 N–H and O–H groups in total. The van der Waals surface area contributed by atoms with Gasteiger partial charge in [-0.2, -0.15) is 0 Å². The summed E-state index contributed by atoms with van der Waals surface area (Å²) >= 11 is 0. The Balaban J connectivity index is 2.06. The lowest BCUT2D eigenvalue weighted by atomic mass is 10.1. The summed E-state index contributed by atoms with van der Waals surface area (Å²) < 4.78 is 11.0. The number of benzene rings is 2. The molecule has 0 saturated carbocycles. The van der Waals surface area contributed by atoms with Gasteiger partial charge in [-0.3, -0.25) is 4.79 Å². The summed E-state index contributed by atoms with van der Waals surface area (Å²) in [5, 5.41) is 9.48. The summed E-state index contributed by atoms with van der Waals surface area (Å²) in [6.45, 7) is -0.345. The van der Waals surface area contributed by atoms with Gasteiger partial charge >= 0.3 is 0 Å². The number of rotatable bonds is 3. The Kier molecular flexibility index (Phi) is 3.23. The van der Waals surface area contributed by atoms with Gasteiger partial charge in [0.1, 0.15) is 23.3 Å². The van der Waals surface area contributed by atoms with Crippen molar-refractivity contribution in [3.8, 4) is 11.5 Å². The molecule has 0 bridgehead atoms. The molecular weight excluding hydrogens is 256 g/mol. The molecule has 0 radical (unpaired) electrons. The van der Waals surface area contributed by atoms with Crippen molar-refractivity contribution < 1.29 is 14.3 Å². The first-order valence-electron chi connectivity index (χ1n) is 6.16. The first-order valence-corrected chi connectivity index (χ1v) is 6.16. The molecule has 1 aromatic heterocycles. The van der Waals surface area contributed by atoms with Crippen LogP contribution in [0.3, 0.4) is 0 Å². The molecule has 20 heavy (non-hydrogen) atoms. The maximum atomic E-state index is 12.1. The lowest BCUT2D eigenvalue weighted by molar-refractivity contribution is 0.277. The monoisotopic (exact) mass is 268 g/mol. The number of para-hydroxylation sites is 1. The number of aliphatic hydroxyl groups excluding tert-OH is 1. The van der Waals surface area contributed by atoms with Crippen LogP contribution in [0, 0.1) is 0 Å². The molecule has 0 aliphatic heterocycles. The normalized spacial score (nSPS) is 10.7. The zero-order chi connectivity index (χ0) is 13.9. The topological polar surface area (TPSA) is 59.7 Å². The molecule has 4 nitrogen and oxygen atoms in total. The Morgan fingerprint density at radius 3 is 2.60 bits per heavy atom. The molecule has 0 unspecified atom stereocenters. The van der Waals surface area contributed by atoms with E-state index in [1.54, 1.807) is 18.2 Å². The SMILES string of the molecule is O=c1c(CO)coc2ccc(Oc3ccccc3)cc12. The average molecular weight is 268 g/mol. The number of hydrogen-bond donors (Lipinski definition) is 1. The van der Waals surface area contributed by atoms with Gasteiger partial charge in [-0.15, -0.1) is 0 Å². The van der Waals surface area contributed by atoms with Crippen molar-refractivity contribution in [2.24, 2.45) is 0 Å². The zero-order valence-corrected chi connectivity index (χ0v) is 10.6. The van der Waals surface area contributed by atoms with Gasteiger partial charge < -0.3 is 14.3 Å². The second kappa shape index (κ2) is 5.19. The molecule has 2 aromatic carbocycles. The van der Waals surface area contributed by atoms with E-state index in [0.717, 1.165) is 0 Å².